The Morgan fingerprint density at radius 1 is 1.21 bits per heavy atom. The number of thiazole rings is 1. The quantitative estimate of drug-likeness (QED) is 0.230. The van der Waals surface area contributed by atoms with E-state index in [1.165, 1.54) is 36.5 Å². The van der Waals surface area contributed by atoms with E-state index in [1.807, 2.05) is 23.6 Å². The third kappa shape index (κ3) is 7.39. The summed E-state index contributed by atoms with van der Waals surface area (Å²) in [6, 6.07) is 8.76. The highest BCUT2D eigenvalue weighted by molar-refractivity contribution is 7.14. The minimum atomic E-state index is -1.09. The topological polar surface area (TPSA) is 97.8 Å². The number of halogens is 2. The van der Waals surface area contributed by atoms with Gasteiger partial charge in [0.1, 0.15) is 5.75 Å². The standard InChI is InChI=1S/C29H32Cl2N2O5S/c1-7-11-38-25(29(3,4)5)19-10-8-9-18(24(19)37-6)23-15-39-28(32-23)33-26(34)17-13-21(30)20(22(31)14-17)12-16(2)27(35)36/h8-10,12-15,25H,7,11H2,1-6H3,(H,35,36)(H,32,33,34)/b16-12+. The highest BCUT2D eigenvalue weighted by atomic mass is 35.5. The van der Waals surface area contributed by atoms with Crippen molar-refractivity contribution in [1.82, 2.24) is 4.98 Å². The molecule has 1 atom stereocenters. The van der Waals surface area contributed by atoms with Gasteiger partial charge in [0, 0.05) is 39.8 Å². The molecule has 0 aliphatic rings. The molecular formula is C29H32Cl2N2O5S. The number of rotatable bonds is 10. The molecule has 0 bridgehead atoms. The third-order valence-corrected chi connectivity index (χ3v) is 7.23. The lowest BCUT2D eigenvalue weighted by atomic mass is 9.83. The molecule has 0 spiro atoms. The van der Waals surface area contributed by atoms with Gasteiger partial charge in [0.2, 0.25) is 0 Å². The van der Waals surface area contributed by atoms with Crippen molar-refractivity contribution >= 4 is 57.6 Å². The van der Waals surface area contributed by atoms with E-state index in [-0.39, 0.29) is 32.7 Å². The Morgan fingerprint density at radius 2 is 1.87 bits per heavy atom. The van der Waals surface area contributed by atoms with E-state index >= 15 is 0 Å². The van der Waals surface area contributed by atoms with Crippen molar-refractivity contribution in [2.75, 3.05) is 19.0 Å². The molecule has 1 heterocycles. The number of aromatic nitrogens is 1. The summed E-state index contributed by atoms with van der Waals surface area (Å²) in [5.74, 6) is -0.865. The van der Waals surface area contributed by atoms with Crippen LogP contribution >= 0.6 is 34.5 Å². The van der Waals surface area contributed by atoms with E-state index in [1.54, 1.807) is 7.11 Å². The maximum Gasteiger partial charge on any atom is 0.331 e. The molecule has 1 amide bonds. The normalized spacial score (nSPS) is 12.8. The summed E-state index contributed by atoms with van der Waals surface area (Å²) >= 11 is 13.9. The number of methoxy groups -OCH3 is 1. The van der Waals surface area contributed by atoms with Crippen molar-refractivity contribution in [3.05, 3.63) is 68.0 Å². The fraction of sp³-hybridized carbons (Fsp3) is 0.345. The number of anilines is 1. The predicted octanol–water partition coefficient (Wildman–Crippen LogP) is 8.38. The first-order chi connectivity index (χ1) is 18.4. The molecule has 2 N–H and O–H groups in total. The summed E-state index contributed by atoms with van der Waals surface area (Å²) in [5, 5.41) is 14.5. The van der Waals surface area contributed by atoms with Crippen molar-refractivity contribution in [2.24, 2.45) is 5.41 Å². The average Bonchev–Trinajstić information content (AvgIpc) is 3.33. The number of carbonyl (C=O) groups excluding carboxylic acids is 1. The summed E-state index contributed by atoms with van der Waals surface area (Å²) in [6.45, 7) is 10.5. The summed E-state index contributed by atoms with van der Waals surface area (Å²) in [4.78, 5) is 28.7. The van der Waals surface area contributed by atoms with E-state index in [4.69, 9.17) is 37.8 Å². The highest BCUT2D eigenvalue weighted by Gasteiger charge is 2.31. The number of ether oxygens (including phenoxy) is 2. The number of hydrogen-bond acceptors (Lipinski definition) is 6. The van der Waals surface area contributed by atoms with Crippen molar-refractivity contribution in [1.29, 1.82) is 0 Å². The Balaban J connectivity index is 1.89. The van der Waals surface area contributed by atoms with E-state index in [0.29, 0.717) is 28.7 Å². The van der Waals surface area contributed by atoms with E-state index in [2.05, 4.69) is 38.0 Å². The zero-order valence-electron chi connectivity index (χ0n) is 22.7. The summed E-state index contributed by atoms with van der Waals surface area (Å²) < 4.78 is 12.1. The number of nitrogens with one attached hydrogen (secondary N) is 1. The largest absolute Gasteiger partial charge is 0.496 e. The lowest BCUT2D eigenvalue weighted by Gasteiger charge is -2.32. The minimum absolute atomic E-state index is 0.0663. The number of para-hydroxylation sites is 1. The highest BCUT2D eigenvalue weighted by Crippen LogP contribution is 2.44. The van der Waals surface area contributed by atoms with Gasteiger partial charge in [0.05, 0.1) is 29.0 Å². The fourth-order valence-corrected chi connectivity index (χ4v) is 5.29. The molecular weight excluding hydrogens is 559 g/mol. The number of hydrogen-bond donors (Lipinski definition) is 2. The zero-order valence-corrected chi connectivity index (χ0v) is 25.1. The van der Waals surface area contributed by atoms with Crippen LogP contribution in [0.2, 0.25) is 10.0 Å². The molecule has 0 radical (unpaired) electrons. The van der Waals surface area contributed by atoms with E-state index < -0.39 is 11.9 Å². The third-order valence-electron chi connectivity index (χ3n) is 5.85. The van der Waals surface area contributed by atoms with Crippen LogP contribution in [0.25, 0.3) is 17.3 Å². The Morgan fingerprint density at radius 3 is 2.44 bits per heavy atom. The van der Waals surface area contributed by atoms with Gasteiger partial charge in [-0.15, -0.1) is 11.3 Å². The molecule has 0 saturated heterocycles. The van der Waals surface area contributed by atoms with E-state index in [0.717, 1.165) is 17.5 Å². The molecule has 0 aliphatic heterocycles. The van der Waals surface area contributed by atoms with Gasteiger partial charge >= 0.3 is 5.97 Å². The number of carboxylic acids is 1. The average molecular weight is 592 g/mol. The maximum absolute atomic E-state index is 13.0. The van der Waals surface area contributed by atoms with Crippen LogP contribution in [0.5, 0.6) is 5.75 Å². The number of nitrogens with zero attached hydrogens (tertiary/aromatic N) is 1. The maximum atomic E-state index is 13.0. The van der Waals surface area contributed by atoms with Crippen molar-refractivity contribution in [2.45, 2.75) is 47.1 Å². The number of aliphatic carboxylic acids is 1. The van der Waals surface area contributed by atoms with Gasteiger partial charge in [0.15, 0.2) is 5.13 Å². The van der Waals surface area contributed by atoms with Gasteiger partial charge in [-0.05, 0) is 43.0 Å². The number of carboxylic acid groups (broad SMARTS) is 1. The van der Waals surface area contributed by atoms with Crippen LogP contribution in [0.4, 0.5) is 5.13 Å². The first kappa shape index (κ1) is 30.6. The molecule has 0 saturated carbocycles. The molecule has 7 nitrogen and oxygen atoms in total. The molecule has 2 aromatic carbocycles. The van der Waals surface area contributed by atoms with Crippen LogP contribution in [0.15, 0.2) is 41.3 Å². The van der Waals surface area contributed by atoms with Crippen LogP contribution in [-0.2, 0) is 9.53 Å². The van der Waals surface area contributed by atoms with Gasteiger partial charge in [-0.1, -0.05) is 63.0 Å². The van der Waals surface area contributed by atoms with Gasteiger partial charge in [0.25, 0.3) is 5.91 Å². The van der Waals surface area contributed by atoms with Crippen LogP contribution in [0.1, 0.15) is 68.6 Å². The number of benzene rings is 2. The lowest BCUT2D eigenvalue weighted by molar-refractivity contribution is -0.132. The summed E-state index contributed by atoms with van der Waals surface area (Å²) in [5.41, 5.74) is 2.82. The lowest BCUT2D eigenvalue weighted by Crippen LogP contribution is -2.22. The summed E-state index contributed by atoms with van der Waals surface area (Å²) in [7, 11) is 1.63. The molecule has 39 heavy (non-hydrogen) atoms. The molecule has 208 valence electrons. The molecule has 1 aromatic heterocycles. The van der Waals surface area contributed by atoms with Gasteiger partial charge in [-0.3, -0.25) is 10.1 Å². The smallest absolute Gasteiger partial charge is 0.331 e. The Labute approximate surface area is 242 Å². The molecule has 0 aliphatic carbocycles. The minimum Gasteiger partial charge on any atom is -0.496 e. The number of amides is 1. The summed E-state index contributed by atoms with van der Waals surface area (Å²) in [6.07, 6.45) is 2.08. The SMILES string of the molecule is CCCOC(c1cccc(-c2csc(NC(=O)c3cc(Cl)c(/C=C(\C)C(=O)O)c(Cl)c3)n2)c1OC)C(C)(C)C. The molecule has 10 heteroatoms. The molecule has 3 rings (SSSR count). The van der Waals surface area contributed by atoms with Crippen LogP contribution < -0.4 is 10.1 Å². The van der Waals surface area contributed by atoms with Crippen molar-refractivity contribution < 1.29 is 24.2 Å². The molecule has 3 aromatic rings. The fourth-order valence-electron chi connectivity index (χ4n) is 3.99. The van der Waals surface area contributed by atoms with Gasteiger partial charge in [-0.2, -0.15) is 0 Å². The van der Waals surface area contributed by atoms with E-state index in [9.17, 15) is 9.59 Å². The van der Waals surface area contributed by atoms with Crippen LogP contribution in [-0.4, -0.2) is 35.7 Å². The second kappa shape index (κ2) is 13.0. The Bertz CT molecular complexity index is 1370. The second-order valence-electron chi connectivity index (χ2n) is 10.0. The van der Waals surface area contributed by atoms with Gasteiger partial charge < -0.3 is 14.6 Å². The Hall–Kier alpha value is -2.91. The molecule has 1 unspecified atom stereocenters. The first-order valence-electron chi connectivity index (χ1n) is 12.3. The Kier molecular flexibility index (Phi) is 10.2. The molecule has 0 fully saturated rings. The van der Waals surface area contributed by atoms with Crippen LogP contribution in [0, 0.1) is 5.41 Å². The number of carbonyl (C=O) groups is 2. The van der Waals surface area contributed by atoms with Crippen molar-refractivity contribution in [3.8, 4) is 17.0 Å². The zero-order chi connectivity index (χ0) is 28.9. The second-order valence-corrected chi connectivity index (χ2v) is 11.7. The van der Waals surface area contributed by atoms with Crippen molar-refractivity contribution in [3.63, 3.8) is 0 Å². The first-order valence-corrected chi connectivity index (χ1v) is 14.0. The monoisotopic (exact) mass is 590 g/mol. The predicted molar refractivity (Wildman–Crippen MR) is 158 cm³/mol. The van der Waals surface area contributed by atoms with Crippen LogP contribution in [0.3, 0.4) is 0 Å². The van der Waals surface area contributed by atoms with Gasteiger partial charge in [-0.25, -0.2) is 9.78 Å².